The van der Waals surface area contributed by atoms with Crippen LogP contribution in [0.5, 0.6) is 0 Å². The van der Waals surface area contributed by atoms with Gasteiger partial charge in [0, 0.05) is 54.5 Å². The van der Waals surface area contributed by atoms with E-state index in [0.717, 1.165) is 22.4 Å². The van der Waals surface area contributed by atoms with Gasteiger partial charge in [-0.3, -0.25) is 0 Å². The monoisotopic (exact) mass is 858 g/mol. The van der Waals surface area contributed by atoms with Crippen LogP contribution in [0.25, 0.3) is 44.6 Å². The van der Waals surface area contributed by atoms with Crippen LogP contribution in [0, 0.1) is 46.6 Å². The first-order valence-electron chi connectivity index (χ1n) is 20.7. The van der Waals surface area contributed by atoms with Gasteiger partial charge in [0.2, 0.25) is 5.71 Å². The minimum absolute atomic E-state index is 0. The first-order valence-corrected chi connectivity index (χ1v) is 16.7. The van der Waals surface area contributed by atoms with Gasteiger partial charge in [0.05, 0.1) is 5.58 Å². The van der Waals surface area contributed by atoms with Crippen molar-refractivity contribution < 1.29 is 35.5 Å². The molecule has 4 aromatic heterocycles. The summed E-state index contributed by atoms with van der Waals surface area (Å²) >= 11 is 0. The number of nitrogens with zero attached hydrogens (tertiary/aromatic N) is 3. The molecule has 1 radical (unpaired) electrons. The molecule has 0 aliphatic heterocycles. The number of furan rings is 1. The standard InChI is InChI=1S/C32H33N2O.C14H14N.Ir/c1-20-19-33-28(27-10-8-9-25-26-16-11-21(2)34-30(26)35-29(25)27)17-22(20)18-32(6,7)24-14-12-23(13-15-24)31(3,4)5;1-10-4-6-13(7-5-10)14-8-11(2)12(3)9-15-14;/h8-9,11-17,19H,18H2,1-7H3;4-6,8-9H,1-3H3;/q2*-1;/i1D3,2D3,18D2;;. The number of hydrogen-bond donors (Lipinski definition) is 0. The van der Waals surface area contributed by atoms with E-state index in [0.29, 0.717) is 21.9 Å². The molecule has 51 heavy (non-hydrogen) atoms. The molecule has 0 spiro atoms. The number of hydrogen-bond acceptors (Lipinski definition) is 4. The van der Waals surface area contributed by atoms with E-state index in [4.69, 9.17) is 12.6 Å². The van der Waals surface area contributed by atoms with Crippen molar-refractivity contribution in [1.29, 1.82) is 0 Å². The predicted molar refractivity (Wildman–Crippen MR) is 208 cm³/mol. The molecular weight excluding hydrogens is 803 g/mol. The van der Waals surface area contributed by atoms with Gasteiger partial charge >= 0.3 is 0 Å². The molecule has 7 aromatic rings. The topological polar surface area (TPSA) is 51.8 Å². The van der Waals surface area contributed by atoms with Gasteiger partial charge in [-0.15, -0.1) is 53.6 Å². The van der Waals surface area contributed by atoms with Crippen LogP contribution in [0.1, 0.15) is 90.2 Å². The number of rotatable bonds is 5. The smallest absolute Gasteiger partial charge is 0.216 e. The molecule has 0 unspecified atom stereocenters. The quantitative estimate of drug-likeness (QED) is 0.162. The molecule has 4 nitrogen and oxygen atoms in total. The third-order valence-electron chi connectivity index (χ3n) is 9.00. The van der Waals surface area contributed by atoms with Gasteiger partial charge in [-0.1, -0.05) is 94.5 Å². The number of pyridine rings is 3. The molecule has 0 aliphatic carbocycles. The molecule has 4 heterocycles. The Morgan fingerprint density at radius 2 is 1.47 bits per heavy atom. The molecule has 0 atom stereocenters. The van der Waals surface area contributed by atoms with Gasteiger partial charge in [-0.2, -0.15) is 0 Å². The van der Waals surface area contributed by atoms with Gasteiger partial charge in [-0.05, 0) is 96.1 Å². The van der Waals surface area contributed by atoms with Crippen LogP contribution in [0.15, 0.2) is 95.7 Å². The van der Waals surface area contributed by atoms with E-state index >= 15 is 0 Å². The molecule has 3 aromatic carbocycles. The fourth-order valence-corrected chi connectivity index (χ4v) is 5.74. The molecule has 0 fully saturated rings. The van der Waals surface area contributed by atoms with Crippen molar-refractivity contribution >= 4 is 22.1 Å². The number of aromatic nitrogens is 3. The summed E-state index contributed by atoms with van der Waals surface area (Å²) in [6, 6.07) is 30.3. The summed E-state index contributed by atoms with van der Waals surface area (Å²) in [6.45, 7) is 11.1. The minimum atomic E-state index is -2.62. The summed E-state index contributed by atoms with van der Waals surface area (Å²) in [6.07, 6.45) is 0.975. The van der Waals surface area contributed by atoms with Crippen LogP contribution in [0.2, 0.25) is 0 Å². The Labute approximate surface area is 328 Å². The maximum absolute atomic E-state index is 9.39. The minimum Gasteiger partial charge on any atom is -0.486 e. The maximum Gasteiger partial charge on any atom is 0.216 e. The Morgan fingerprint density at radius 1 is 0.745 bits per heavy atom. The third kappa shape index (κ3) is 8.38. The summed E-state index contributed by atoms with van der Waals surface area (Å²) in [5, 5.41) is 1.26. The first-order chi connectivity index (χ1) is 26.9. The van der Waals surface area contributed by atoms with Crippen LogP contribution < -0.4 is 0 Å². The molecule has 0 N–H and O–H groups in total. The Kier molecular flexibility index (Phi) is 8.31. The zero-order valence-electron chi connectivity index (χ0n) is 38.2. The van der Waals surface area contributed by atoms with Crippen molar-refractivity contribution in [3.05, 3.63) is 148 Å². The van der Waals surface area contributed by atoms with E-state index in [1.54, 1.807) is 32.0 Å². The summed E-state index contributed by atoms with van der Waals surface area (Å²) in [5.41, 5.74) is 7.25. The van der Waals surface area contributed by atoms with Gasteiger partial charge < -0.3 is 14.4 Å². The summed E-state index contributed by atoms with van der Waals surface area (Å²) in [4.78, 5) is 13.1. The Morgan fingerprint density at radius 3 is 2.14 bits per heavy atom. The molecule has 5 heteroatoms. The van der Waals surface area contributed by atoms with E-state index in [1.807, 2.05) is 36.5 Å². The van der Waals surface area contributed by atoms with Gasteiger partial charge in [-0.25, -0.2) is 4.98 Å². The normalized spacial score (nSPS) is 14.7. The molecule has 0 bridgehead atoms. The van der Waals surface area contributed by atoms with E-state index in [9.17, 15) is 2.74 Å². The predicted octanol–water partition coefficient (Wildman–Crippen LogP) is 11.7. The Hall–Kier alpha value is -4.44. The van der Waals surface area contributed by atoms with Crippen molar-refractivity contribution in [2.24, 2.45) is 0 Å². The second kappa shape index (κ2) is 15.0. The summed E-state index contributed by atoms with van der Waals surface area (Å²) in [5.74, 6) is 0. The maximum atomic E-state index is 9.39. The van der Waals surface area contributed by atoms with Crippen LogP contribution in [-0.4, -0.2) is 15.0 Å². The molecule has 0 aliphatic rings. The van der Waals surface area contributed by atoms with Crippen LogP contribution >= 0.6 is 0 Å². The zero-order chi connectivity index (χ0) is 42.6. The van der Waals surface area contributed by atoms with Crippen LogP contribution in [0.3, 0.4) is 0 Å². The molecule has 0 amide bonds. The average Bonchev–Trinajstić information content (AvgIpc) is 3.53. The summed E-state index contributed by atoms with van der Waals surface area (Å²) < 4.78 is 72.5. The van der Waals surface area contributed by atoms with Crippen molar-refractivity contribution in [2.45, 2.75) is 86.3 Å². The average molecular weight is 858 g/mol. The van der Waals surface area contributed by atoms with Crippen molar-refractivity contribution in [3.63, 3.8) is 0 Å². The van der Waals surface area contributed by atoms with Gasteiger partial charge in [0.15, 0.2) is 0 Å². The largest absolute Gasteiger partial charge is 0.486 e. The molecule has 7 rings (SSSR count). The fraction of sp³-hybridized carbons (Fsp3) is 0.283. The Bertz CT molecular complexity index is 2600. The number of fused-ring (bicyclic) bond motifs is 3. The molecule has 263 valence electrons. The second-order valence-corrected chi connectivity index (χ2v) is 14.4. The van der Waals surface area contributed by atoms with Gasteiger partial charge in [0.1, 0.15) is 0 Å². The van der Waals surface area contributed by atoms with Crippen molar-refractivity contribution in [1.82, 2.24) is 15.0 Å². The van der Waals surface area contributed by atoms with Crippen molar-refractivity contribution in [3.8, 4) is 22.5 Å². The van der Waals surface area contributed by atoms with E-state index in [-0.39, 0.29) is 53.7 Å². The fourth-order valence-electron chi connectivity index (χ4n) is 5.74. The number of benzene rings is 3. The van der Waals surface area contributed by atoms with E-state index in [2.05, 4.69) is 86.8 Å². The van der Waals surface area contributed by atoms with E-state index in [1.165, 1.54) is 35.0 Å². The summed E-state index contributed by atoms with van der Waals surface area (Å²) in [7, 11) is 0. The first kappa shape index (κ1) is 28.2. The van der Waals surface area contributed by atoms with Crippen LogP contribution in [0.4, 0.5) is 0 Å². The number of aryl methyl sites for hydroxylation is 5. The molecule has 0 saturated heterocycles. The zero-order valence-corrected chi connectivity index (χ0v) is 32.6. The van der Waals surface area contributed by atoms with Crippen LogP contribution in [-0.2, 0) is 37.3 Å². The SMILES string of the molecule is Cc1c[c-]c(-c2cc(C)c(C)cn2)cc1.[2H]C([2H])([2H])c1ccc2c(n1)oc1c(-c3cc(C([2H])([2H])C(C)(C)c4ccc(C(C)(C)C)cc4)c(C([2H])([2H])[2H])cn3)[c-]ccc12.[Ir]. The molecular formula is C46H47IrN3O-2. The molecule has 0 saturated carbocycles. The third-order valence-corrected chi connectivity index (χ3v) is 9.00. The van der Waals surface area contributed by atoms with Crippen molar-refractivity contribution in [2.75, 3.05) is 0 Å². The van der Waals surface area contributed by atoms with Gasteiger partial charge in [0.25, 0.3) is 0 Å². The Balaban J connectivity index is 0.000000347. The van der Waals surface area contributed by atoms with E-state index < -0.39 is 25.5 Å². The second-order valence-electron chi connectivity index (χ2n) is 14.4.